The van der Waals surface area contributed by atoms with Crippen molar-refractivity contribution in [1.82, 2.24) is 15.1 Å². The van der Waals surface area contributed by atoms with E-state index in [4.69, 9.17) is 0 Å². The lowest BCUT2D eigenvalue weighted by Crippen LogP contribution is -2.40. The van der Waals surface area contributed by atoms with E-state index in [1.54, 1.807) is 6.20 Å². The number of H-pyrrole nitrogens is 1. The minimum absolute atomic E-state index is 0.0614. The zero-order chi connectivity index (χ0) is 18.4. The molecule has 0 unspecified atom stereocenters. The van der Waals surface area contributed by atoms with Gasteiger partial charge in [-0.15, -0.1) is 0 Å². The van der Waals surface area contributed by atoms with Crippen LogP contribution in [0.3, 0.4) is 0 Å². The fourth-order valence-electron chi connectivity index (χ4n) is 3.73. The van der Waals surface area contributed by atoms with Gasteiger partial charge in [-0.1, -0.05) is 32.3 Å². The highest BCUT2D eigenvalue weighted by Gasteiger charge is 2.34. The number of aromatic nitrogens is 2. The summed E-state index contributed by atoms with van der Waals surface area (Å²) in [5.74, 6) is -1.52. The van der Waals surface area contributed by atoms with E-state index in [2.05, 4.69) is 37.0 Å². The molecular formula is C18H24BN3O3. The van der Waals surface area contributed by atoms with Crippen molar-refractivity contribution in [3.05, 3.63) is 23.4 Å². The second kappa shape index (κ2) is 6.21. The van der Waals surface area contributed by atoms with Gasteiger partial charge in [-0.05, 0) is 23.0 Å². The molecule has 1 aromatic heterocycles. The van der Waals surface area contributed by atoms with Gasteiger partial charge >= 0.3 is 5.97 Å². The number of benzene rings is 1. The van der Waals surface area contributed by atoms with Crippen molar-refractivity contribution >= 4 is 36.1 Å². The van der Waals surface area contributed by atoms with Crippen LogP contribution in [0.25, 0.3) is 10.9 Å². The molecule has 1 atom stereocenters. The van der Waals surface area contributed by atoms with Crippen molar-refractivity contribution in [3.63, 3.8) is 0 Å². The number of carboxylic acids is 1. The van der Waals surface area contributed by atoms with Crippen molar-refractivity contribution in [2.75, 3.05) is 6.54 Å². The first-order chi connectivity index (χ1) is 11.7. The van der Waals surface area contributed by atoms with E-state index in [-0.39, 0.29) is 17.7 Å². The number of rotatable bonds is 3. The number of nitrogens with zero attached hydrogens (tertiary/aromatic N) is 2. The van der Waals surface area contributed by atoms with Gasteiger partial charge in [0.25, 0.3) is 0 Å². The smallest absolute Gasteiger partial charge is 0.304 e. The van der Waals surface area contributed by atoms with E-state index in [1.165, 1.54) is 0 Å². The van der Waals surface area contributed by atoms with Crippen LogP contribution in [0, 0.1) is 11.3 Å². The molecule has 3 rings (SSSR count). The molecule has 132 valence electrons. The van der Waals surface area contributed by atoms with Crippen LogP contribution in [0.5, 0.6) is 0 Å². The Morgan fingerprint density at radius 2 is 2.20 bits per heavy atom. The summed E-state index contributed by atoms with van der Waals surface area (Å²) in [7, 11) is 2.01. The van der Waals surface area contributed by atoms with Gasteiger partial charge in [0, 0.05) is 18.5 Å². The van der Waals surface area contributed by atoms with Gasteiger partial charge in [-0.2, -0.15) is 5.10 Å². The van der Waals surface area contributed by atoms with E-state index in [1.807, 2.05) is 12.7 Å². The largest absolute Gasteiger partial charge is 0.481 e. The quantitative estimate of drug-likeness (QED) is 0.810. The van der Waals surface area contributed by atoms with Gasteiger partial charge in [-0.25, -0.2) is 0 Å². The number of aromatic amines is 1. The molecule has 2 N–H and O–H groups in total. The molecule has 7 heteroatoms. The van der Waals surface area contributed by atoms with E-state index < -0.39 is 11.9 Å². The summed E-state index contributed by atoms with van der Waals surface area (Å²) < 4.78 is 0. The number of carbonyl (C=O) groups is 2. The number of hydrogen-bond acceptors (Lipinski definition) is 3. The van der Waals surface area contributed by atoms with Crippen LogP contribution >= 0.6 is 0 Å². The Labute approximate surface area is 148 Å². The van der Waals surface area contributed by atoms with Crippen LogP contribution in [-0.2, 0) is 22.6 Å². The number of nitrogens with one attached hydrogen (secondary N) is 1. The summed E-state index contributed by atoms with van der Waals surface area (Å²) in [5.41, 5.74) is 4.13. The van der Waals surface area contributed by atoms with E-state index in [0.29, 0.717) is 19.5 Å². The molecular weight excluding hydrogens is 317 g/mol. The molecule has 1 aliphatic rings. The summed E-state index contributed by atoms with van der Waals surface area (Å²) in [4.78, 5) is 26.1. The fraction of sp³-hybridized carbons (Fsp3) is 0.500. The highest BCUT2D eigenvalue weighted by atomic mass is 16.4. The van der Waals surface area contributed by atoms with Crippen LogP contribution in [0.2, 0.25) is 0 Å². The molecule has 25 heavy (non-hydrogen) atoms. The molecule has 2 aromatic rings. The predicted octanol–water partition coefficient (Wildman–Crippen LogP) is 0.843. The summed E-state index contributed by atoms with van der Waals surface area (Å²) in [6.07, 6.45) is 2.13. The first-order valence-electron chi connectivity index (χ1n) is 8.61. The van der Waals surface area contributed by atoms with Crippen molar-refractivity contribution in [2.45, 2.75) is 40.2 Å². The lowest BCUT2D eigenvalue weighted by molar-refractivity contribution is -0.145. The first kappa shape index (κ1) is 17.5. The van der Waals surface area contributed by atoms with E-state index >= 15 is 0 Å². The number of carboxylic acid groups (broad SMARTS) is 1. The lowest BCUT2D eigenvalue weighted by atomic mass is 9.86. The van der Waals surface area contributed by atoms with Gasteiger partial charge in [0.1, 0.15) is 7.85 Å². The Morgan fingerprint density at radius 1 is 1.48 bits per heavy atom. The molecule has 1 aliphatic heterocycles. The third-order valence-corrected chi connectivity index (χ3v) is 4.70. The molecule has 0 fully saturated rings. The van der Waals surface area contributed by atoms with Crippen LogP contribution in [0.15, 0.2) is 12.3 Å². The lowest BCUT2D eigenvalue weighted by Gasteiger charge is -2.31. The second-order valence-electron chi connectivity index (χ2n) is 8.24. The Kier molecular flexibility index (Phi) is 4.35. The zero-order valence-electron chi connectivity index (χ0n) is 15.2. The monoisotopic (exact) mass is 341 g/mol. The zero-order valence-corrected chi connectivity index (χ0v) is 15.2. The number of carbonyl (C=O) groups excluding carboxylic acids is 1. The highest BCUT2D eigenvalue weighted by molar-refractivity contribution is 6.38. The minimum Gasteiger partial charge on any atom is -0.481 e. The molecule has 0 bridgehead atoms. The summed E-state index contributed by atoms with van der Waals surface area (Å²) in [6.45, 7) is 7.34. The highest BCUT2D eigenvalue weighted by Crippen LogP contribution is 2.31. The van der Waals surface area contributed by atoms with Gasteiger partial charge in [0.05, 0.1) is 24.1 Å². The van der Waals surface area contributed by atoms with Crippen LogP contribution in [0.1, 0.15) is 38.3 Å². The Hall–Kier alpha value is -2.31. The van der Waals surface area contributed by atoms with Crippen molar-refractivity contribution in [3.8, 4) is 0 Å². The summed E-state index contributed by atoms with van der Waals surface area (Å²) in [5, 5.41) is 17.5. The molecule has 2 heterocycles. The Bertz CT molecular complexity index is 838. The maximum absolute atomic E-state index is 13.0. The van der Waals surface area contributed by atoms with E-state index in [0.717, 1.165) is 27.5 Å². The SMILES string of the molecule is Bc1cc2c(c3cn[nH]c13)CN(CC(C)(C)C)C(=O)[C@H](CC(=O)O)C2. The minimum atomic E-state index is -0.932. The molecule has 1 amide bonds. The third kappa shape index (κ3) is 3.55. The molecule has 0 saturated carbocycles. The van der Waals surface area contributed by atoms with E-state index in [9.17, 15) is 14.7 Å². The van der Waals surface area contributed by atoms with Crippen LogP contribution in [-0.4, -0.2) is 46.5 Å². The summed E-state index contributed by atoms with van der Waals surface area (Å²) in [6, 6.07) is 2.07. The molecule has 0 radical (unpaired) electrons. The number of aliphatic carboxylic acids is 1. The molecule has 6 nitrogen and oxygen atoms in total. The maximum atomic E-state index is 13.0. The van der Waals surface area contributed by atoms with Gasteiger partial charge in [0.15, 0.2) is 0 Å². The van der Waals surface area contributed by atoms with Crippen LogP contribution in [0.4, 0.5) is 0 Å². The fourth-order valence-corrected chi connectivity index (χ4v) is 3.73. The normalized spacial score (nSPS) is 18.3. The van der Waals surface area contributed by atoms with Gasteiger partial charge in [0.2, 0.25) is 5.91 Å². The van der Waals surface area contributed by atoms with Gasteiger partial charge < -0.3 is 10.0 Å². The van der Waals surface area contributed by atoms with Crippen molar-refractivity contribution in [1.29, 1.82) is 0 Å². The maximum Gasteiger partial charge on any atom is 0.304 e. The number of hydrogen-bond donors (Lipinski definition) is 2. The second-order valence-corrected chi connectivity index (χ2v) is 8.24. The topological polar surface area (TPSA) is 86.3 Å². The number of fused-ring (bicyclic) bond motifs is 3. The van der Waals surface area contributed by atoms with Gasteiger partial charge in [-0.3, -0.25) is 14.7 Å². The average Bonchev–Trinajstić information content (AvgIpc) is 2.93. The Balaban J connectivity index is 2.11. The number of amides is 1. The third-order valence-electron chi connectivity index (χ3n) is 4.70. The molecule has 0 saturated heterocycles. The standard InChI is InChI=1S/C18H24BN3O3/c1-18(2,3)9-22-8-13-10(4-11(17(22)25)6-15(23)24)5-14(19)16-12(13)7-20-21-16/h5,7,11H,4,6,8-9,19H2,1-3H3,(H,20,21)(H,23,24)/t11-/m0/s1. The molecule has 0 aliphatic carbocycles. The van der Waals surface area contributed by atoms with Crippen molar-refractivity contribution in [2.24, 2.45) is 11.3 Å². The van der Waals surface area contributed by atoms with Crippen molar-refractivity contribution < 1.29 is 14.7 Å². The summed E-state index contributed by atoms with van der Waals surface area (Å²) >= 11 is 0. The first-order valence-corrected chi connectivity index (χ1v) is 8.61. The van der Waals surface area contributed by atoms with Crippen LogP contribution < -0.4 is 5.46 Å². The Morgan fingerprint density at radius 3 is 2.84 bits per heavy atom. The predicted molar refractivity (Wildman–Crippen MR) is 98.6 cm³/mol. The average molecular weight is 341 g/mol. The molecule has 0 spiro atoms. The molecule has 1 aromatic carbocycles.